The number of nitrogens with zero attached hydrogens (tertiary/aromatic N) is 2. The molecule has 1 fully saturated rings. The standard InChI is InChI=1S/C21H19ClFN3O4/c1-12-11-25(6-7-26(12)15-4-5-16(22)17(23)10-15)21(29)20(28)24-14-3-2-13-8-19(27)30-18(13)9-14/h2-5,9-10,12H,6-8,11H2,1H3,(H,24,28)/t12-/m1/s1. The number of fused-ring (bicyclic) bond motifs is 1. The molecule has 156 valence electrons. The Morgan fingerprint density at radius 1 is 1.20 bits per heavy atom. The first kappa shape index (κ1) is 20.2. The number of hydrogen-bond donors (Lipinski definition) is 1. The van der Waals surface area contributed by atoms with Crippen LogP contribution < -0.4 is 15.0 Å². The Bertz CT molecular complexity index is 1040. The number of piperazine rings is 1. The summed E-state index contributed by atoms with van der Waals surface area (Å²) in [5.74, 6) is -1.88. The average Bonchev–Trinajstić information content (AvgIpc) is 3.08. The molecule has 0 unspecified atom stereocenters. The molecule has 2 aliphatic heterocycles. The van der Waals surface area contributed by atoms with Crippen LogP contribution in [0, 0.1) is 5.82 Å². The minimum Gasteiger partial charge on any atom is -0.426 e. The van der Waals surface area contributed by atoms with E-state index in [-0.39, 0.29) is 23.5 Å². The molecule has 0 radical (unpaired) electrons. The fourth-order valence-electron chi connectivity index (χ4n) is 3.71. The van der Waals surface area contributed by atoms with Crippen molar-refractivity contribution in [1.29, 1.82) is 0 Å². The third-order valence-corrected chi connectivity index (χ3v) is 5.53. The lowest BCUT2D eigenvalue weighted by atomic mass is 10.1. The topological polar surface area (TPSA) is 79.0 Å². The van der Waals surface area contributed by atoms with Crippen molar-refractivity contribution in [2.24, 2.45) is 0 Å². The fraction of sp³-hybridized carbons (Fsp3) is 0.286. The van der Waals surface area contributed by atoms with Crippen molar-refractivity contribution < 1.29 is 23.5 Å². The molecule has 0 bridgehead atoms. The predicted molar refractivity (Wildman–Crippen MR) is 109 cm³/mol. The molecule has 0 spiro atoms. The van der Waals surface area contributed by atoms with E-state index in [0.29, 0.717) is 36.8 Å². The van der Waals surface area contributed by atoms with Gasteiger partial charge in [0.25, 0.3) is 0 Å². The molecule has 9 heteroatoms. The summed E-state index contributed by atoms with van der Waals surface area (Å²) in [5.41, 5.74) is 1.80. The van der Waals surface area contributed by atoms with E-state index in [1.165, 1.54) is 23.1 Å². The van der Waals surface area contributed by atoms with Gasteiger partial charge in [-0.3, -0.25) is 14.4 Å². The van der Waals surface area contributed by atoms with Gasteiger partial charge in [-0.2, -0.15) is 0 Å². The van der Waals surface area contributed by atoms with Gasteiger partial charge in [-0.25, -0.2) is 4.39 Å². The van der Waals surface area contributed by atoms with Gasteiger partial charge in [0.1, 0.15) is 11.6 Å². The van der Waals surface area contributed by atoms with Gasteiger partial charge in [0.15, 0.2) is 0 Å². The van der Waals surface area contributed by atoms with Crippen molar-refractivity contribution in [2.75, 3.05) is 29.9 Å². The van der Waals surface area contributed by atoms with E-state index in [9.17, 15) is 18.8 Å². The summed E-state index contributed by atoms with van der Waals surface area (Å²) in [7, 11) is 0. The minimum atomic E-state index is -0.766. The molecule has 2 aromatic rings. The van der Waals surface area contributed by atoms with Crippen LogP contribution in [0.4, 0.5) is 15.8 Å². The number of nitrogens with one attached hydrogen (secondary N) is 1. The first-order chi connectivity index (χ1) is 14.3. The van der Waals surface area contributed by atoms with Crippen LogP contribution in [0.3, 0.4) is 0 Å². The van der Waals surface area contributed by atoms with Crippen LogP contribution in [0.1, 0.15) is 12.5 Å². The summed E-state index contributed by atoms with van der Waals surface area (Å²) >= 11 is 5.74. The number of carbonyl (C=O) groups is 3. The van der Waals surface area contributed by atoms with Gasteiger partial charge in [0.2, 0.25) is 0 Å². The van der Waals surface area contributed by atoms with E-state index in [1.54, 1.807) is 18.2 Å². The number of rotatable bonds is 2. The van der Waals surface area contributed by atoms with Gasteiger partial charge >= 0.3 is 17.8 Å². The van der Waals surface area contributed by atoms with Crippen molar-refractivity contribution in [3.8, 4) is 5.75 Å². The van der Waals surface area contributed by atoms with Gasteiger partial charge in [-0.15, -0.1) is 0 Å². The molecular weight excluding hydrogens is 413 g/mol. The third-order valence-electron chi connectivity index (χ3n) is 5.23. The smallest absolute Gasteiger partial charge is 0.315 e. The zero-order chi connectivity index (χ0) is 21.4. The first-order valence-corrected chi connectivity index (χ1v) is 9.85. The summed E-state index contributed by atoms with van der Waals surface area (Å²) in [6, 6.07) is 9.32. The summed E-state index contributed by atoms with van der Waals surface area (Å²) in [5, 5.41) is 2.61. The SMILES string of the molecule is C[C@@H]1CN(C(=O)C(=O)Nc2ccc3c(c2)OC(=O)C3)CCN1c1ccc(Cl)c(F)c1. The van der Waals surface area contributed by atoms with Crippen LogP contribution >= 0.6 is 11.6 Å². The van der Waals surface area contributed by atoms with E-state index in [2.05, 4.69) is 5.32 Å². The normalized spacial score (nSPS) is 18.1. The Balaban J connectivity index is 1.38. The maximum absolute atomic E-state index is 13.8. The minimum absolute atomic E-state index is 0.0539. The number of ether oxygens (including phenoxy) is 1. The molecule has 1 atom stereocenters. The highest BCUT2D eigenvalue weighted by Crippen LogP contribution is 2.29. The van der Waals surface area contributed by atoms with Crippen LogP contribution in [0.5, 0.6) is 5.75 Å². The van der Waals surface area contributed by atoms with Crippen molar-refractivity contribution in [1.82, 2.24) is 4.90 Å². The zero-order valence-corrected chi connectivity index (χ0v) is 16.9. The van der Waals surface area contributed by atoms with Crippen LogP contribution in [0.25, 0.3) is 0 Å². The Morgan fingerprint density at radius 2 is 2.00 bits per heavy atom. The van der Waals surface area contributed by atoms with Gasteiger partial charge in [-0.05, 0) is 31.2 Å². The second-order valence-corrected chi connectivity index (χ2v) is 7.73. The molecule has 4 rings (SSSR count). The number of carbonyl (C=O) groups excluding carboxylic acids is 3. The van der Waals surface area contributed by atoms with Gasteiger partial charge in [0.05, 0.1) is 11.4 Å². The fourth-order valence-corrected chi connectivity index (χ4v) is 3.82. The number of hydrogen-bond acceptors (Lipinski definition) is 5. The molecule has 0 aromatic heterocycles. The van der Waals surface area contributed by atoms with Gasteiger partial charge in [0, 0.05) is 48.7 Å². The number of benzene rings is 2. The molecule has 0 aliphatic carbocycles. The third kappa shape index (κ3) is 3.95. The molecule has 2 aliphatic rings. The summed E-state index contributed by atoms with van der Waals surface area (Å²) < 4.78 is 18.8. The van der Waals surface area contributed by atoms with E-state index in [1.807, 2.05) is 11.8 Å². The predicted octanol–water partition coefficient (Wildman–Crippen LogP) is 2.62. The molecule has 2 heterocycles. The van der Waals surface area contributed by atoms with Crippen molar-refractivity contribution in [2.45, 2.75) is 19.4 Å². The Hall–Kier alpha value is -3.13. The highest BCUT2D eigenvalue weighted by molar-refractivity contribution is 6.39. The van der Waals surface area contributed by atoms with Crippen molar-refractivity contribution >= 4 is 40.8 Å². The lowest BCUT2D eigenvalue weighted by Gasteiger charge is -2.41. The Morgan fingerprint density at radius 3 is 2.73 bits per heavy atom. The largest absolute Gasteiger partial charge is 0.426 e. The second-order valence-electron chi connectivity index (χ2n) is 7.32. The summed E-state index contributed by atoms with van der Waals surface area (Å²) in [4.78, 5) is 39.8. The average molecular weight is 432 g/mol. The second kappa shape index (κ2) is 7.95. The molecule has 1 N–H and O–H groups in total. The Kier molecular flexibility index (Phi) is 5.34. The highest BCUT2D eigenvalue weighted by atomic mass is 35.5. The monoisotopic (exact) mass is 431 g/mol. The van der Waals surface area contributed by atoms with E-state index in [4.69, 9.17) is 16.3 Å². The van der Waals surface area contributed by atoms with Crippen LogP contribution in [-0.4, -0.2) is 48.4 Å². The van der Waals surface area contributed by atoms with Crippen LogP contribution in [0.15, 0.2) is 36.4 Å². The van der Waals surface area contributed by atoms with Crippen molar-refractivity contribution in [3.05, 3.63) is 52.8 Å². The highest BCUT2D eigenvalue weighted by Gasteiger charge is 2.31. The maximum atomic E-state index is 13.8. The van der Waals surface area contributed by atoms with Gasteiger partial charge < -0.3 is 19.9 Å². The number of halogens is 2. The number of esters is 1. The lowest BCUT2D eigenvalue weighted by molar-refractivity contribution is -0.143. The number of anilines is 2. The van der Waals surface area contributed by atoms with Gasteiger partial charge in [-0.1, -0.05) is 17.7 Å². The molecule has 30 heavy (non-hydrogen) atoms. The van der Waals surface area contributed by atoms with Crippen LogP contribution in [0.2, 0.25) is 5.02 Å². The quantitative estimate of drug-likeness (QED) is 0.449. The molecule has 2 amide bonds. The molecule has 2 aromatic carbocycles. The first-order valence-electron chi connectivity index (χ1n) is 9.47. The van der Waals surface area contributed by atoms with E-state index < -0.39 is 17.6 Å². The molecule has 1 saturated heterocycles. The molecule has 7 nitrogen and oxygen atoms in total. The maximum Gasteiger partial charge on any atom is 0.315 e. The Labute approximate surface area is 177 Å². The molecule has 0 saturated carbocycles. The zero-order valence-electron chi connectivity index (χ0n) is 16.2. The summed E-state index contributed by atoms with van der Waals surface area (Å²) in [6.45, 7) is 3.00. The number of amides is 2. The van der Waals surface area contributed by atoms with Crippen LogP contribution in [-0.2, 0) is 20.8 Å². The summed E-state index contributed by atoms with van der Waals surface area (Å²) in [6.07, 6.45) is 0.197. The molecular formula is C21H19ClFN3O4. The lowest BCUT2D eigenvalue weighted by Crippen LogP contribution is -2.55. The van der Waals surface area contributed by atoms with E-state index in [0.717, 1.165) is 5.56 Å². The van der Waals surface area contributed by atoms with E-state index >= 15 is 0 Å². The van der Waals surface area contributed by atoms with Crippen molar-refractivity contribution in [3.63, 3.8) is 0 Å².